The minimum absolute atomic E-state index is 0.0874. The van der Waals surface area contributed by atoms with Crippen molar-refractivity contribution >= 4 is 17.5 Å². The van der Waals surface area contributed by atoms with E-state index in [9.17, 15) is 9.90 Å². The van der Waals surface area contributed by atoms with Crippen LogP contribution < -0.4 is 5.32 Å². The van der Waals surface area contributed by atoms with E-state index in [1.807, 2.05) is 0 Å². The molecule has 1 saturated heterocycles. The van der Waals surface area contributed by atoms with E-state index >= 15 is 0 Å². The summed E-state index contributed by atoms with van der Waals surface area (Å²) in [5, 5.41) is 17.2. The van der Waals surface area contributed by atoms with Crippen LogP contribution in [0.3, 0.4) is 0 Å². The van der Waals surface area contributed by atoms with Gasteiger partial charge in [-0.25, -0.2) is 0 Å². The molecule has 0 saturated carbocycles. The summed E-state index contributed by atoms with van der Waals surface area (Å²) >= 11 is 5.72. The lowest BCUT2D eigenvalue weighted by Gasteiger charge is -2.33. The van der Waals surface area contributed by atoms with Gasteiger partial charge >= 0.3 is 0 Å². The molecule has 0 radical (unpaired) electrons. The number of aliphatic hydroxyl groups excluding tert-OH is 1. The van der Waals surface area contributed by atoms with Crippen LogP contribution in [0.4, 0.5) is 0 Å². The molecule has 0 aromatic carbocycles. The molecule has 0 spiro atoms. The SMILES string of the molecule is CO[C@@H]1COC[C@@H](CNC(=O)Cn2cc(Cl)cn2)[C@@H]1O. The van der Waals surface area contributed by atoms with Crippen LogP contribution in [0, 0.1) is 5.92 Å². The van der Waals surface area contributed by atoms with Crippen LogP contribution >= 0.6 is 11.6 Å². The lowest BCUT2D eigenvalue weighted by Crippen LogP contribution is -2.49. The van der Waals surface area contributed by atoms with Gasteiger partial charge in [-0.15, -0.1) is 0 Å². The van der Waals surface area contributed by atoms with Crippen LogP contribution in [0.15, 0.2) is 12.4 Å². The Labute approximate surface area is 121 Å². The summed E-state index contributed by atoms with van der Waals surface area (Å²) in [6, 6.07) is 0. The zero-order valence-electron chi connectivity index (χ0n) is 11.2. The number of hydrogen-bond donors (Lipinski definition) is 2. The number of ether oxygens (including phenoxy) is 2. The monoisotopic (exact) mass is 303 g/mol. The van der Waals surface area contributed by atoms with Gasteiger partial charge in [-0.05, 0) is 0 Å². The minimum atomic E-state index is -0.645. The molecule has 20 heavy (non-hydrogen) atoms. The molecule has 7 nitrogen and oxygen atoms in total. The molecule has 1 aliphatic rings. The number of aromatic nitrogens is 2. The molecule has 2 N–H and O–H groups in total. The molecule has 8 heteroatoms. The second kappa shape index (κ2) is 7.03. The van der Waals surface area contributed by atoms with E-state index in [4.69, 9.17) is 21.1 Å². The number of halogens is 1. The molecule has 1 aromatic rings. The highest BCUT2D eigenvalue weighted by molar-refractivity contribution is 6.30. The normalized spacial score (nSPS) is 26.4. The Bertz CT molecular complexity index is 454. The van der Waals surface area contributed by atoms with E-state index in [-0.39, 0.29) is 24.5 Å². The first-order valence-corrected chi connectivity index (χ1v) is 6.71. The number of aliphatic hydroxyl groups is 1. The van der Waals surface area contributed by atoms with Gasteiger partial charge in [-0.1, -0.05) is 11.6 Å². The molecule has 2 rings (SSSR count). The fourth-order valence-corrected chi connectivity index (χ4v) is 2.25. The Morgan fingerprint density at radius 1 is 1.70 bits per heavy atom. The largest absolute Gasteiger partial charge is 0.390 e. The maximum Gasteiger partial charge on any atom is 0.241 e. The van der Waals surface area contributed by atoms with Gasteiger partial charge in [-0.2, -0.15) is 5.10 Å². The Morgan fingerprint density at radius 3 is 3.15 bits per heavy atom. The highest BCUT2D eigenvalue weighted by Gasteiger charge is 2.32. The molecule has 1 amide bonds. The molecule has 1 aromatic heterocycles. The van der Waals surface area contributed by atoms with Crippen molar-refractivity contribution in [3.8, 4) is 0 Å². The van der Waals surface area contributed by atoms with Gasteiger partial charge in [-0.3, -0.25) is 9.48 Å². The van der Waals surface area contributed by atoms with E-state index in [1.165, 1.54) is 18.0 Å². The predicted molar refractivity (Wildman–Crippen MR) is 71.4 cm³/mol. The summed E-state index contributed by atoms with van der Waals surface area (Å²) in [4.78, 5) is 11.8. The number of nitrogens with one attached hydrogen (secondary N) is 1. The second-order valence-corrected chi connectivity index (χ2v) is 5.16. The first kappa shape index (κ1) is 15.2. The summed E-state index contributed by atoms with van der Waals surface area (Å²) < 4.78 is 11.9. The number of rotatable bonds is 5. The number of amides is 1. The maximum atomic E-state index is 11.8. The van der Waals surface area contributed by atoms with Crippen LogP contribution in [0.2, 0.25) is 5.02 Å². The van der Waals surface area contributed by atoms with Crippen LogP contribution in [-0.2, 0) is 20.8 Å². The molecule has 3 atom stereocenters. The van der Waals surface area contributed by atoms with Crippen LogP contribution in [0.5, 0.6) is 0 Å². The molecule has 2 heterocycles. The van der Waals surface area contributed by atoms with Crippen molar-refractivity contribution in [3.63, 3.8) is 0 Å². The predicted octanol–water partition coefficient (Wildman–Crippen LogP) is -0.325. The van der Waals surface area contributed by atoms with Gasteiger partial charge in [0.1, 0.15) is 12.6 Å². The fourth-order valence-electron chi connectivity index (χ4n) is 2.10. The first-order valence-electron chi connectivity index (χ1n) is 6.33. The van der Waals surface area contributed by atoms with Gasteiger partial charge in [0.15, 0.2) is 0 Å². The highest BCUT2D eigenvalue weighted by atomic mass is 35.5. The number of carbonyl (C=O) groups is 1. The quantitative estimate of drug-likeness (QED) is 0.778. The van der Waals surface area contributed by atoms with Gasteiger partial charge in [0.2, 0.25) is 5.91 Å². The molecule has 0 bridgehead atoms. The first-order chi connectivity index (χ1) is 9.60. The summed E-state index contributed by atoms with van der Waals surface area (Å²) in [6.07, 6.45) is 2.04. The third-order valence-electron chi connectivity index (χ3n) is 3.25. The van der Waals surface area contributed by atoms with Gasteiger partial charge in [0.05, 0.1) is 30.5 Å². The molecule has 1 aliphatic heterocycles. The van der Waals surface area contributed by atoms with Crippen molar-refractivity contribution in [1.82, 2.24) is 15.1 Å². The zero-order valence-corrected chi connectivity index (χ0v) is 11.9. The summed E-state index contributed by atoms with van der Waals surface area (Å²) in [6.45, 7) is 1.18. The summed E-state index contributed by atoms with van der Waals surface area (Å²) in [5.74, 6) is -0.379. The second-order valence-electron chi connectivity index (χ2n) is 4.72. The van der Waals surface area contributed by atoms with E-state index in [1.54, 1.807) is 6.20 Å². The smallest absolute Gasteiger partial charge is 0.241 e. The third kappa shape index (κ3) is 3.92. The Balaban J connectivity index is 1.78. The highest BCUT2D eigenvalue weighted by Crippen LogP contribution is 2.16. The molecule has 112 valence electrons. The van der Waals surface area contributed by atoms with E-state index in [0.29, 0.717) is 24.8 Å². The standard InChI is InChI=1S/C12H18ClN3O4/c1-19-10-7-20-6-8(12(10)18)2-14-11(17)5-16-4-9(13)3-15-16/h3-4,8,10,12,18H,2,5-7H2,1H3,(H,14,17)/t8-,10-,12+/m1/s1. The van der Waals surface area contributed by atoms with E-state index < -0.39 is 6.10 Å². The number of nitrogens with zero attached hydrogens (tertiary/aromatic N) is 2. The van der Waals surface area contributed by atoms with Crippen molar-refractivity contribution in [1.29, 1.82) is 0 Å². The average Bonchev–Trinajstić information content (AvgIpc) is 2.83. The number of hydrogen-bond acceptors (Lipinski definition) is 5. The number of carbonyl (C=O) groups excluding carboxylic acids is 1. The van der Waals surface area contributed by atoms with Crippen molar-refractivity contribution in [3.05, 3.63) is 17.4 Å². The van der Waals surface area contributed by atoms with Crippen molar-refractivity contribution in [2.75, 3.05) is 26.9 Å². The lowest BCUT2D eigenvalue weighted by molar-refractivity contribution is -0.136. The topological polar surface area (TPSA) is 85.6 Å². The fraction of sp³-hybridized carbons (Fsp3) is 0.667. The van der Waals surface area contributed by atoms with Crippen molar-refractivity contribution in [2.45, 2.75) is 18.8 Å². The Kier molecular flexibility index (Phi) is 5.36. The van der Waals surface area contributed by atoms with E-state index in [2.05, 4.69) is 10.4 Å². The van der Waals surface area contributed by atoms with Gasteiger partial charge in [0.25, 0.3) is 0 Å². The Hall–Kier alpha value is -1.15. The molecule has 0 unspecified atom stereocenters. The average molecular weight is 304 g/mol. The van der Waals surface area contributed by atoms with Crippen LogP contribution in [0.1, 0.15) is 0 Å². The maximum absolute atomic E-state index is 11.8. The third-order valence-corrected chi connectivity index (χ3v) is 3.44. The van der Waals surface area contributed by atoms with Crippen molar-refractivity contribution in [2.24, 2.45) is 5.92 Å². The minimum Gasteiger partial charge on any atom is -0.390 e. The van der Waals surface area contributed by atoms with E-state index in [0.717, 1.165) is 0 Å². The van der Waals surface area contributed by atoms with Gasteiger partial charge < -0.3 is 19.9 Å². The van der Waals surface area contributed by atoms with Crippen LogP contribution in [-0.4, -0.2) is 59.9 Å². The summed E-state index contributed by atoms with van der Waals surface area (Å²) in [7, 11) is 1.53. The lowest BCUT2D eigenvalue weighted by atomic mass is 9.96. The molecule has 1 fully saturated rings. The number of methoxy groups -OCH3 is 1. The molecular formula is C12H18ClN3O4. The zero-order chi connectivity index (χ0) is 14.5. The Morgan fingerprint density at radius 2 is 2.50 bits per heavy atom. The molecule has 0 aliphatic carbocycles. The van der Waals surface area contributed by atoms with Gasteiger partial charge in [0, 0.05) is 25.8 Å². The van der Waals surface area contributed by atoms with Crippen molar-refractivity contribution < 1.29 is 19.4 Å². The van der Waals surface area contributed by atoms with Crippen LogP contribution in [0.25, 0.3) is 0 Å². The molecular weight excluding hydrogens is 286 g/mol. The summed E-state index contributed by atoms with van der Waals surface area (Å²) in [5.41, 5.74) is 0.